The first-order chi connectivity index (χ1) is 11.4. The average Bonchev–Trinajstić information content (AvgIpc) is 2.57. The number of nitrogens with one attached hydrogen (secondary N) is 1. The molecule has 0 atom stereocenters. The van der Waals surface area contributed by atoms with Gasteiger partial charge in [-0.3, -0.25) is 4.72 Å². The van der Waals surface area contributed by atoms with Gasteiger partial charge in [-0.05, 0) is 55.8 Å². The zero-order valence-corrected chi connectivity index (χ0v) is 14.3. The summed E-state index contributed by atoms with van der Waals surface area (Å²) in [5.41, 5.74) is 1.38. The van der Waals surface area contributed by atoms with E-state index in [9.17, 15) is 18.3 Å². The third-order valence-corrected chi connectivity index (χ3v) is 5.05. The molecule has 2 aromatic carbocycles. The fraction of sp³-hybridized carbons (Fsp3) is 0.235. The maximum absolute atomic E-state index is 12.3. The van der Waals surface area contributed by atoms with Crippen LogP contribution in [0.1, 0.15) is 24.2 Å². The van der Waals surface area contributed by atoms with E-state index in [-0.39, 0.29) is 10.5 Å². The fourth-order valence-electron chi connectivity index (χ4n) is 2.31. The molecule has 0 aliphatic carbocycles. The largest absolute Gasteiger partial charge is 0.545 e. The zero-order chi connectivity index (χ0) is 17.7. The number of sulfonamides is 1. The van der Waals surface area contributed by atoms with E-state index in [1.165, 1.54) is 24.3 Å². The van der Waals surface area contributed by atoms with Crippen LogP contribution in [0.4, 0.5) is 11.4 Å². The lowest BCUT2D eigenvalue weighted by atomic mass is 10.2. The molecule has 128 valence electrons. The number of anilines is 2. The Morgan fingerprint density at radius 3 is 2.00 bits per heavy atom. The fourth-order valence-corrected chi connectivity index (χ4v) is 3.37. The van der Waals surface area contributed by atoms with Crippen LogP contribution >= 0.6 is 0 Å². The van der Waals surface area contributed by atoms with Gasteiger partial charge in [0.05, 0.1) is 10.9 Å². The Hall–Kier alpha value is -2.54. The lowest BCUT2D eigenvalue weighted by Gasteiger charge is -2.21. The molecule has 24 heavy (non-hydrogen) atoms. The molecule has 0 unspecified atom stereocenters. The smallest absolute Gasteiger partial charge is 0.261 e. The molecule has 0 amide bonds. The van der Waals surface area contributed by atoms with Crippen LogP contribution in [0.25, 0.3) is 0 Å². The lowest BCUT2D eigenvalue weighted by molar-refractivity contribution is -0.255. The number of aromatic carboxylic acids is 1. The van der Waals surface area contributed by atoms with Gasteiger partial charge < -0.3 is 14.8 Å². The average molecular weight is 347 g/mol. The molecule has 0 aromatic heterocycles. The number of carbonyl (C=O) groups is 1. The number of carboxylic acid groups (broad SMARTS) is 1. The summed E-state index contributed by atoms with van der Waals surface area (Å²) in [6, 6.07) is 12.0. The van der Waals surface area contributed by atoms with Gasteiger partial charge in [-0.2, -0.15) is 0 Å². The Morgan fingerprint density at radius 2 is 1.54 bits per heavy atom. The molecule has 0 bridgehead atoms. The van der Waals surface area contributed by atoms with Crippen molar-refractivity contribution in [3.05, 3.63) is 54.1 Å². The van der Waals surface area contributed by atoms with Crippen LogP contribution in [-0.4, -0.2) is 27.5 Å². The van der Waals surface area contributed by atoms with Crippen molar-refractivity contribution in [2.75, 3.05) is 22.7 Å². The molecule has 1 N–H and O–H groups in total. The van der Waals surface area contributed by atoms with Gasteiger partial charge in [-0.25, -0.2) is 8.42 Å². The molecule has 0 aliphatic heterocycles. The van der Waals surface area contributed by atoms with Crippen LogP contribution in [0.5, 0.6) is 0 Å². The maximum atomic E-state index is 12.3. The van der Waals surface area contributed by atoms with Gasteiger partial charge in [-0.15, -0.1) is 0 Å². The van der Waals surface area contributed by atoms with E-state index in [0.717, 1.165) is 18.8 Å². The third kappa shape index (κ3) is 4.05. The van der Waals surface area contributed by atoms with Gasteiger partial charge >= 0.3 is 0 Å². The molecule has 0 spiro atoms. The van der Waals surface area contributed by atoms with Crippen molar-refractivity contribution in [2.45, 2.75) is 18.7 Å². The number of hydrogen-bond acceptors (Lipinski definition) is 5. The SMILES string of the molecule is CCN(CC)c1ccc(NS(=O)(=O)c2ccc(C(=O)[O-])cc2)cc1. The van der Waals surface area contributed by atoms with E-state index >= 15 is 0 Å². The van der Waals surface area contributed by atoms with E-state index < -0.39 is 16.0 Å². The van der Waals surface area contributed by atoms with Gasteiger partial charge in [0.2, 0.25) is 0 Å². The summed E-state index contributed by atoms with van der Waals surface area (Å²) in [6.45, 7) is 5.84. The van der Waals surface area contributed by atoms with Gasteiger partial charge in [0.15, 0.2) is 0 Å². The minimum Gasteiger partial charge on any atom is -0.545 e. The first-order valence-corrected chi connectivity index (χ1v) is 9.05. The second-order valence-corrected chi connectivity index (χ2v) is 6.82. The molecule has 0 heterocycles. The minimum absolute atomic E-state index is 0.0136. The van der Waals surface area contributed by atoms with Crippen molar-refractivity contribution < 1.29 is 18.3 Å². The van der Waals surface area contributed by atoms with Crippen molar-refractivity contribution in [3.63, 3.8) is 0 Å². The molecule has 2 rings (SSSR count). The second-order valence-electron chi connectivity index (χ2n) is 5.14. The monoisotopic (exact) mass is 347 g/mol. The van der Waals surface area contributed by atoms with E-state index in [2.05, 4.69) is 23.5 Å². The minimum atomic E-state index is -3.78. The van der Waals surface area contributed by atoms with Crippen LogP contribution in [0.3, 0.4) is 0 Å². The van der Waals surface area contributed by atoms with E-state index in [1.807, 2.05) is 12.1 Å². The van der Waals surface area contributed by atoms with E-state index in [4.69, 9.17) is 0 Å². The Labute approximate surface area is 141 Å². The van der Waals surface area contributed by atoms with Crippen molar-refractivity contribution in [1.29, 1.82) is 0 Å². The normalized spacial score (nSPS) is 11.1. The van der Waals surface area contributed by atoms with Crippen molar-refractivity contribution >= 4 is 27.4 Å². The predicted octanol–water partition coefficient (Wildman–Crippen LogP) is 1.70. The molecular formula is C17H19N2O4S-. The van der Waals surface area contributed by atoms with Crippen molar-refractivity contribution in [3.8, 4) is 0 Å². The van der Waals surface area contributed by atoms with Gasteiger partial charge in [0.25, 0.3) is 10.0 Å². The second kappa shape index (κ2) is 7.35. The van der Waals surface area contributed by atoms with Crippen molar-refractivity contribution in [2.24, 2.45) is 0 Å². The summed E-state index contributed by atoms with van der Waals surface area (Å²) in [6.07, 6.45) is 0. The highest BCUT2D eigenvalue weighted by atomic mass is 32.2. The molecule has 7 heteroatoms. The maximum Gasteiger partial charge on any atom is 0.261 e. The standard InChI is InChI=1S/C17H20N2O4S/c1-3-19(4-2)15-9-7-14(8-10-15)18-24(22,23)16-11-5-13(6-12-16)17(20)21/h5-12,18H,3-4H2,1-2H3,(H,20,21)/p-1. The van der Waals surface area contributed by atoms with Crippen LogP contribution in [0, 0.1) is 0 Å². The number of hydrogen-bond donors (Lipinski definition) is 1. The molecule has 0 fully saturated rings. The number of rotatable bonds is 7. The first kappa shape index (κ1) is 17.8. The molecule has 0 aliphatic rings. The molecule has 2 aromatic rings. The summed E-state index contributed by atoms with van der Waals surface area (Å²) in [5.74, 6) is -1.35. The molecule has 0 radical (unpaired) electrons. The molecular weight excluding hydrogens is 328 g/mol. The summed E-state index contributed by atoms with van der Waals surface area (Å²) >= 11 is 0. The quantitative estimate of drug-likeness (QED) is 0.823. The Morgan fingerprint density at radius 1 is 1.00 bits per heavy atom. The topological polar surface area (TPSA) is 89.5 Å². The number of nitrogens with zero attached hydrogens (tertiary/aromatic N) is 1. The molecule has 6 nitrogen and oxygen atoms in total. The third-order valence-electron chi connectivity index (χ3n) is 3.65. The zero-order valence-electron chi connectivity index (χ0n) is 13.5. The lowest BCUT2D eigenvalue weighted by Crippen LogP contribution is -2.22. The van der Waals surface area contributed by atoms with Gasteiger partial charge in [0, 0.05) is 24.5 Å². The van der Waals surface area contributed by atoms with E-state index in [1.54, 1.807) is 12.1 Å². The summed E-state index contributed by atoms with van der Waals surface area (Å²) in [4.78, 5) is 12.8. The highest BCUT2D eigenvalue weighted by Crippen LogP contribution is 2.20. The summed E-state index contributed by atoms with van der Waals surface area (Å²) in [5, 5.41) is 10.7. The summed E-state index contributed by atoms with van der Waals surface area (Å²) in [7, 11) is -3.78. The van der Waals surface area contributed by atoms with Crippen LogP contribution < -0.4 is 14.7 Å². The number of benzene rings is 2. The van der Waals surface area contributed by atoms with Gasteiger partial charge in [0.1, 0.15) is 0 Å². The molecule has 0 saturated carbocycles. The van der Waals surface area contributed by atoms with Crippen LogP contribution in [0.15, 0.2) is 53.4 Å². The van der Waals surface area contributed by atoms with Crippen LogP contribution in [0.2, 0.25) is 0 Å². The Balaban J connectivity index is 2.18. The summed E-state index contributed by atoms with van der Waals surface area (Å²) < 4.78 is 27.1. The predicted molar refractivity (Wildman–Crippen MR) is 91.6 cm³/mol. The Kier molecular flexibility index (Phi) is 5.46. The number of carboxylic acids is 1. The van der Waals surface area contributed by atoms with Crippen molar-refractivity contribution in [1.82, 2.24) is 0 Å². The Bertz CT molecular complexity index is 795. The van der Waals surface area contributed by atoms with Crippen LogP contribution in [-0.2, 0) is 10.0 Å². The number of carbonyl (C=O) groups excluding carboxylic acids is 1. The van der Waals surface area contributed by atoms with E-state index in [0.29, 0.717) is 5.69 Å². The molecule has 0 saturated heterocycles. The van der Waals surface area contributed by atoms with Gasteiger partial charge in [-0.1, -0.05) is 12.1 Å². The highest BCUT2D eigenvalue weighted by Gasteiger charge is 2.14. The highest BCUT2D eigenvalue weighted by molar-refractivity contribution is 7.92. The first-order valence-electron chi connectivity index (χ1n) is 7.56.